The van der Waals surface area contributed by atoms with Crippen molar-refractivity contribution in [3.8, 4) is 0 Å². The Morgan fingerprint density at radius 2 is 1.83 bits per heavy atom. The molecule has 0 unspecified atom stereocenters. The van der Waals surface area contributed by atoms with Crippen LogP contribution in [0.3, 0.4) is 0 Å². The van der Waals surface area contributed by atoms with Crippen molar-refractivity contribution in [1.29, 1.82) is 0 Å². The van der Waals surface area contributed by atoms with E-state index in [2.05, 4.69) is 15.1 Å². The topological polar surface area (TPSA) is 80.9 Å². The van der Waals surface area contributed by atoms with Gasteiger partial charge in [-0.1, -0.05) is 39.3 Å². The Morgan fingerprint density at radius 3 is 2.38 bits per heavy atom. The Morgan fingerprint density at radius 1 is 1.21 bits per heavy atom. The molecule has 6 nitrogen and oxygen atoms in total. The molecular formula is C17H21ClN4O2. The number of carbonyl (C=O) groups is 1. The van der Waals surface area contributed by atoms with Gasteiger partial charge in [-0.15, -0.1) is 0 Å². The lowest BCUT2D eigenvalue weighted by molar-refractivity contribution is 0.0694. The molecule has 0 fully saturated rings. The number of hydrogen-bond donors (Lipinski definition) is 1. The number of rotatable bonds is 5. The van der Waals surface area contributed by atoms with Crippen LogP contribution in [0.1, 0.15) is 72.7 Å². The summed E-state index contributed by atoms with van der Waals surface area (Å²) < 4.78 is 1.63. The highest BCUT2D eigenvalue weighted by Crippen LogP contribution is 2.27. The molecule has 2 aromatic heterocycles. The molecule has 0 bridgehead atoms. The van der Waals surface area contributed by atoms with Gasteiger partial charge in [0.25, 0.3) is 0 Å². The van der Waals surface area contributed by atoms with Gasteiger partial charge in [0.05, 0.1) is 17.0 Å². The lowest BCUT2D eigenvalue weighted by Crippen LogP contribution is -2.08. The molecule has 0 aliphatic rings. The molecule has 2 aromatic rings. The molecule has 7 heteroatoms. The van der Waals surface area contributed by atoms with Gasteiger partial charge in [0.2, 0.25) is 0 Å². The summed E-state index contributed by atoms with van der Waals surface area (Å²) in [5.41, 5.74) is 2.36. The van der Waals surface area contributed by atoms with E-state index < -0.39 is 5.97 Å². The number of halogens is 1. The van der Waals surface area contributed by atoms with E-state index in [0.717, 1.165) is 11.3 Å². The van der Waals surface area contributed by atoms with Crippen molar-refractivity contribution in [2.24, 2.45) is 7.05 Å². The quantitative estimate of drug-likeness (QED) is 0.883. The summed E-state index contributed by atoms with van der Waals surface area (Å²) in [6.07, 6.45) is 4.90. The molecule has 2 heterocycles. The molecule has 0 aromatic carbocycles. The first-order valence-corrected chi connectivity index (χ1v) is 8.10. The molecule has 0 amide bonds. The molecular weight excluding hydrogens is 328 g/mol. The van der Waals surface area contributed by atoms with Crippen molar-refractivity contribution in [1.82, 2.24) is 19.7 Å². The van der Waals surface area contributed by atoms with Gasteiger partial charge in [0.1, 0.15) is 5.15 Å². The van der Waals surface area contributed by atoms with Crippen LogP contribution in [-0.4, -0.2) is 30.8 Å². The molecule has 24 heavy (non-hydrogen) atoms. The average molecular weight is 349 g/mol. The third kappa shape index (κ3) is 3.64. The van der Waals surface area contributed by atoms with Crippen LogP contribution in [0.5, 0.6) is 0 Å². The van der Waals surface area contributed by atoms with E-state index >= 15 is 0 Å². The zero-order valence-corrected chi connectivity index (χ0v) is 15.2. The molecule has 1 N–H and O–H groups in total. The van der Waals surface area contributed by atoms with E-state index in [1.165, 1.54) is 6.20 Å². The van der Waals surface area contributed by atoms with Gasteiger partial charge in [0.15, 0.2) is 5.82 Å². The van der Waals surface area contributed by atoms with Crippen LogP contribution in [-0.2, 0) is 7.05 Å². The van der Waals surface area contributed by atoms with Crippen LogP contribution >= 0.6 is 11.6 Å². The number of hydrogen-bond acceptors (Lipinski definition) is 4. The van der Waals surface area contributed by atoms with E-state index in [9.17, 15) is 9.90 Å². The predicted molar refractivity (Wildman–Crippen MR) is 94.3 cm³/mol. The first-order valence-electron chi connectivity index (χ1n) is 7.73. The minimum atomic E-state index is -1.02. The van der Waals surface area contributed by atoms with Gasteiger partial charge >= 0.3 is 5.97 Å². The molecule has 0 saturated heterocycles. The monoisotopic (exact) mass is 348 g/mol. The first-order chi connectivity index (χ1) is 11.2. The van der Waals surface area contributed by atoms with Crippen LogP contribution in [0, 0.1) is 0 Å². The van der Waals surface area contributed by atoms with Gasteiger partial charge in [-0.3, -0.25) is 4.68 Å². The molecule has 0 aliphatic heterocycles. The van der Waals surface area contributed by atoms with Crippen molar-refractivity contribution in [3.63, 3.8) is 0 Å². The third-order valence-corrected chi connectivity index (χ3v) is 4.05. The molecule has 0 aliphatic carbocycles. The van der Waals surface area contributed by atoms with Gasteiger partial charge in [-0.2, -0.15) is 5.10 Å². The number of aryl methyl sites for hydroxylation is 1. The number of nitrogens with zero attached hydrogens (tertiary/aromatic N) is 4. The minimum Gasteiger partial charge on any atom is -0.478 e. The normalized spacial score (nSPS) is 11.8. The third-order valence-electron chi connectivity index (χ3n) is 3.60. The highest BCUT2D eigenvalue weighted by molar-refractivity contribution is 6.31. The number of carboxylic acids is 1. The van der Waals surface area contributed by atoms with Crippen molar-refractivity contribution in [3.05, 3.63) is 39.7 Å². The maximum atomic E-state index is 11.3. The fourth-order valence-electron chi connectivity index (χ4n) is 2.37. The zero-order chi connectivity index (χ0) is 18.0. The average Bonchev–Trinajstić information content (AvgIpc) is 2.80. The van der Waals surface area contributed by atoms with Gasteiger partial charge in [-0.05, 0) is 24.0 Å². The second kappa shape index (κ2) is 7.13. The van der Waals surface area contributed by atoms with Crippen LogP contribution < -0.4 is 0 Å². The molecule has 2 rings (SSSR count). The standard InChI is InChI=1S/C17H21ClN4O2/c1-9(2)14-12(17(23)24)8-19-13(20-14)7-6-11-15(10(3)4)21-22(5)16(11)18/h6-10H,1-5H3,(H,23,24)/b7-6+. The highest BCUT2D eigenvalue weighted by atomic mass is 35.5. The first kappa shape index (κ1) is 18.1. The molecule has 128 valence electrons. The lowest BCUT2D eigenvalue weighted by atomic mass is 10.0. The summed E-state index contributed by atoms with van der Waals surface area (Å²) in [7, 11) is 1.79. The number of carboxylic acid groups (broad SMARTS) is 1. The summed E-state index contributed by atoms with van der Waals surface area (Å²) in [5, 5.41) is 14.2. The van der Waals surface area contributed by atoms with Crippen molar-refractivity contribution in [2.45, 2.75) is 39.5 Å². The summed E-state index contributed by atoms with van der Waals surface area (Å²) in [6.45, 7) is 7.89. The second-order valence-electron chi connectivity index (χ2n) is 6.19. The smallest absolute Gasteiger partial charge is 0.339 e. The Labute approximate surface area is 146 Å². The van der Waals surface area contributed by atoms with Gasteiger partial charge < -0.3 is 5.11 Å². The second-order valence-corrected chi connectivity index (χ2v) is 6.55. The zero-order valence-electron chi connectivity index (χ0n) is 14.4. The largest absolute Gasteiger partial charge is 0.478 e. The van der Waals surface area contributed by atoms with E-state index in [-0.39, 0.29) is 17.4 Å². The molecule has 0 radical (unpaired) electrons. The fraction of sp³-hybridized carbons (Fsp3) is 0.412. The molecule has 0 saturated carbocycles. The van der Waals surface area contributed by atoms with Crippen molar-refractivity contribution < 1.29 is 9.90 Å². The van der Waals surface area contributed by atoms with E-state index in [1.807, 2.05) is 33.8 Å². The number of aromatic nitrogens is 4. The summed E-state index contributed by atoms with van der Waals surface area (Å²) in [6, 6.07) is 0. The van der Waals surface area contributed by atoms with Crippen molar-refractivity contribution in [2.75, 3.05) is 0 Å². The minimum absolute atomic E-state index is 0.0144. The van der Waals surface area contributed by atoms with Crippen LogP contribution in [0.15, 0.2) is 6.20 Å². The maximum absolute atomic E-state index is 11.3. The summed E-state index contributed by atoms with van der Waals surface area (Å²) in [5.74, 6) is -0.366. The number of aromatic carboxylic acids is 1. The SMILES string of the molecule is CC(C)c1nc(/C=C/c2c(C(C)C)nn(C)c2Cl)ncc1C(=O)O. The van der Waals surface area contributed by atoms with Gasteiger partial charge in [0, 0.05) is 18.8 Å². The van der Waals surface area contributed by atoms with Gasteiger partial charge in [-0.25, -0.2) is 14.8 Å². The van der Waals surface area contributed by atoms with Crippen LogP contribution in [0.25, 0.3) is 12.2 Å². The Kier molecular flexibility index (Phi) is 5.39. The Hall–Kier alpha value is -2.21. The Bertz CT molecular complexity index is 794. The summed E-state index contributed by atoms with van der Waals surface area (Å²) >= 11 is 6.30. The van der Waals surface area contributed by atoms with E-state index in [4.69, 9.17) is 11.6 Å². The maximum Gasteiger partial charge on any atom is 0.339 e. The molecule has 0 atom stereocenters. The fourth-order valence-corrected chi connectivity index (χ4v) is 2.57. The summed E-state index contributed by atoms with van der Waals surface area (Å²) in [4.78, 5) is 19.7. The Balaban J connectivity index is 2.44. The van der Waals surface area contributed by atoms with E-state index in [0.29, 0.717) is 16.7 Å². The molecule has 0 spiro atoms. The van der Waals surface area contributed by atoms with E-state index in [1.54, 1.807) is 17.8 Å². The highest BCUT2D eigenvalue weighted by Gasteiger charge is 2.17. The lowest BCUT2D eigenvalue weighted by Gasteiger charge is -2.08. The predicted octanol–water partition coefficient (Wildman–Crippen LogP) is 3.98. The van der Waals surface area contributed by atoms with Crippen LogP contribution in [0.4, 0.5) is 0 Å². The van der Waals surface area contributed by atoms with Crippen molar-refractivity contribution >= 4 is 29.7 Å². The van der Waals surface area contributed by atoms with Crippen LogP contribution in [0.2, 0.25) is 5.15 Å².